The molecule has 0 bridgehead atoms. The van der Waals surface area contributed by atoms with Gasteiger partial charge in [-0.15, -0.1) is 0 Å². The van der Waals surface area contributed by atoms with Gasteiger partial charge >= 0.3 is 0 Å². The van der Waals surface area contributed by atoms with Crippen molar-refractivity contribution in [3.05, 3.63) is 46.7 Å². The Labute approximate surface area is 135 Å². The van der Waals surface area contributed by atoms with Crippen molar-refractivity contribution >= 4 is 17.6 Å². The molecular formula is C19H20FN3. The van der Waals surface area contributed by atoms with E-state index in [4.69, 9.17) is 0 Å². The van der Waals surface area contributed by atoms with Crippen LogP contribution in [-0.4, -0.2) is 24.2 Å². The molecule has 1 aromatic rings. The average Bonchev–Trinajstić information content (AvgIpc) is 2.93. The lowest BCUT2D eigenvalue weighted by Crippen LogP contribution is -2.33. The lowest BCUT2D eigenvalue weighted by molar-refractivity contribution is 0.394. The third-order valence-electron chi connectivity index (χ3n) is 5.61. The molecule has 1 unspecified atom stereocenters. The van der Waals surface area contributed by atoms with Crippen molar-refractivity contribution in [3.63, 3.8) is 0 Å². The number of halogens is 1. The number of anilines is 1. The summed E-state index contributed by atoms with van der Waals surface area (Å²) in [7, 11) is 0. The van der Waals surface area contributed by atoms with Crippen LogP contribution in [0.4, 0.5) is 10.1 Å². The van der Waals surface area contributed by atoms with Crippen LogP contribution in [0.15, 0.2) is 40.5 Å². The number of allylic oxidation sites excluding steroid dienone is 2. The zero-order valence-corrected chi connectivity index (χ0v) is 13.3. The fraction of sp³-hybridized carbons (Fsp3) is 0.421. The van der Waals surface area contributed by atoms with Gasteiger partial charge < -0.3 is 9.80 Å². The van der Waals surface area contributed by atoms with E-state index in [1.54, 1.807) is 6.21 Å². The summed E-state index contributed by atoms with van der Waals surface area (Å²) in [5.41, 5.74) is 6.97. The van der Waals surface area contributed by atoms with Crippen molar-refractivity contribution in [2.24, 2.45) is 10.9 Å². The summed E-state index contributed by atoms with van der Waals surface area (Å²) >= 11 is 0. The molecule has 3 aliphatic heterocycles. The van der Waals surface area contributed by atoms with Gasteiger partial charge in [-0.25, -0.2) is 4.99 Å². The Morgan fingerprint density at radius 2 is 2.13 bits per heavy atom. The van der Waals surface area contributed by atoms with Gasteiger partial charge in [-0.05, 0) is 37.2 Å². The topological polar surface area (TPSA) is 18.8 Å². The second-order valence-corrected chi connectivity index (χ2v) is 6.90. The third kappa shape index (κ3) is 1.72. The minimum Gasteiger partial charge on any atom is -0.342 e. The number of hydrogen-bond acceptors (Lipinski definition) is 3. The van der Waals surface area contributed by atoms with Crippen LogP contribution < -0.4 is 4.90 Å². The Balaban J connectivity index is 1.86. The molecule has 0 N–H and O–H groups in total. The highest BCUT2D eigenvalue weighted by molar-refractivity contribution is 5.87. The van der Waals surface area contributed by atoms with Crippen LogP contribution in [0.3, 0.4) is 0 Å². The molecule has 1 aliphatic carbocycles. The smallest absolute Gasteiger partial charge is 0.237 e. The van der Waals surface area contributed by atoms with Gasteiger partial charge in [0.25, 0.3) is 0 Å². The SMILES string of the molecule is CC1CCCC2=C1N1CC=NC(F)=C1c1cccc3c1N2CC3. The van der Waals surface area contributed by atoms with Crippen molar-refractivity contribution in [2.75, 3.05) is 18.0 Å². The Morgan fingerprint density at radius 3 is 3.04 bits per heavy atom. The lowest BCUT2D eigenvalue weighted by atomic mass is 9.90. The van der Waals surface area contributed by atoms with E-state index in [1.165, 1.54) is 35.5 Å². The molecule has 0 spiro atoms. The standard InChI is InChI=1S/C19H20FN3/c1-12-4-2-7-15-16(12)23-11-9-21-19(20)18(23)14-6-3-5-13-8-10-22(15)17(13)14/h3,5-6,9,12H,2,4,7-8,10-11H2,1H3. The maximum atomic E-state index is 14.7. The molecule has 1 atom stereocenters. The van der Waals surface area contributed by atoms with Crippen LogP contribution in [0.2, 0.25) is 0 Å². The van der Waals surface area contributed by atoms with E-state index in [-0.39, 0.29) is 5.95 Å². The number of aliphatic imine (C=N–C) groups is 1. The fourth-order valence-corrected chi connectivity index (χ4v) is 4.68. The van der Waals surface area contributed by atoms with Gasteiger partial charge in [-0.2, -0.15) is 4.39 Å². The molecule has 0 saturated carbocycles. The Kier molecular flexibility index (Phi) is 2.73. The molecule has 4 heteroatoms. The van der Waals surface area contributed by atoms with Gasteiger partial charge in [0.15, 0.2) is 0 Å². The first-order chi connectivity index (χ1) is 11.3. The highest BCUT2D eigenvalue weighted by Crippen LogP contribution is 2.49. The first-order valence-corrected chi connectivity index (χ1v) is 8.58. The molecular weight excluding hydrogens is 289 g/mol. The fourth-order valence-electron chi connectivity index (χ4n) is 4.68. The van der Waals surface area contributed by atoms with Gasteiger partial charge in [-0.3, -0.25) is 0 Å². The molecule has 0 radical (unpaired) electrons. The first-order valence-electron chi connectivity index (χ1n) is 8.58. The van der Waals surface area contributed by atoms with Crippen molar-refractivity contribution in [3.8, 4) is 0 Å². The Bertz CT molecular complexity index is 790. The summed E-state index contributed by atoms with van der Waals surface area (Å²) in [6, 6.07) is 6.30. The van der Waals surface area contributed by atoms with Crippen molar-refractivity contribution < 1.29 is 4.39 Å². The zero-order chi connectivity index (χ0) is 15.6. The monoisotopic (exact) mass is 309 g/mol. The summed E-state index contributed by atoms with van der Waals surface area (Å²) in [4.78, 5) is 8.65. The van der Waals surface area contributed by atoms with E-state index in [9.17, 15) is 4.39 Å². The van der Waals surface area contributed by atoms with Gasteiger partial charge in [0.05, 0.1) is 12.2 Å². The number of nitrogens with zero attached hydrogens (tertiary/aromatic N) is 3. The van der Waals surface area contributed by atoms with E-state index >= 15 is 0 Å². The first kappa shape index (κ1) is 13.3. The minimum atomic E-state index is -0.344. The molecule has 0 amide bonds. The molecule has 3 heterocycles. The third-order valence-corrected chi connectivity index (χ3v) is 5.61. The Hall–Kier alpha value is -2.10. The molecule has 3 nitrogen and oxygen atoms in total. The quantitative estimate of drug-likeness (QED) is 0.673. The predicted octanol–water partition coefficient (Wildman–Crippen LogP) is 4.08. The normalized spacial score (nSPS) is 25.4. The number of hydrogen-bond donors (Lipinski definition) is 0. The molecule has 0 saturated heterocycles. The van der Waals surface area contributed by atoms with Crippen molar-refractivity contribution in [1.82, 2.24) is 4.90 Å². The second kappa shape index (κ2) is 4.70. The summed E-state index contributed by atoms with van der Waals surface area (Å²) in [5, 5.41) is 0. The van der Waals surface area contributed by atoms with Crippen LogP contribution >= 0.6 is 0 Å². The van der Waals surface area contributed by atoms with Crippen molar-refractivity contribution in [2.45, 2.75) is 32.6 Å². The highest BCUT2D eigenvalue weighted by atomic mass is 19.1. The van der Waals surface area contributed by atoms with Gasteiger partial charge in [0, 0.05) is 29.7 Å². The van der Waals surface area contributed by atoms with Crippen LogP contribution in [-0.2, 0) is 6.42 Å². The van der Waals surface area contributed by atoms with Gasteiger partial charge in [0.1, 0.15) is 5.70 Å². The summed E-state index contributed by atoms with van der Waals surface area (Å²) in [6.07, 6.45) is 6.24. The van der Waals surface area contributed by atoms with E-state index in [0.29, 0.717) is 18.2 Å². The van der Waals surface area contributed by atoms with Crippen molar-refractivity contribution in [1.29, 1.82) is 0 Å². The lowest BCUT2D eigenvalue weighted by Gasteiger charge is -2.37. The molecule has 118 valence electrons. The summed E-state index contributed by atoms with van der Waals surface area (Å²) < 4.78 is 14.7. The molecule has 0 aromatic heterocycles. The Morgan fingerprint density at radius 1 is 1.22 bits per heavy atom. The van der Waals surface area contributed by atoms with E-state index in [2.05, 4.69) is 39.9 Å². The van der Waals surface area contributed by atoms with Gasteiger partial charge in [0.2, 0.25) is 5.95 Å². The van der Waals surface area contributed by atoms with Gasteiger partial charge in [-0.1, -0.05) is 25.1 Å². The van der Waals surface area contributed by atoms with E-state index < -0.39 is 0 Å². The van der Waals surface area contributed by atoms with Crippen LogP contribution in [0.1, 0.15) is 37.3 Å². The van der Waals surface area contributed by atoms with E-state index in [1.807, 2.05) is 0 Å². The zero-order valence-electron chi connectivity index (χ0n) is 13.3. The largest absolute Gasteiger partial charge is 0.342 e. The number of rotatable bonds is 0. The maximum absolute atomic E-state index is 14.7. The van der Waals surface area contributed by atoms with Crippen LogP contribution in [0.5, 0.6) is 0 Å². The molecule has 4 aliphatic rings. The second-order valence-electron chi connectivity index (χ2n) is 6.90. The molecule has 0 fully saturated rings. The van der Waals surface area contributed by atoms with Crippen LogP contribution in [0.25, 0.3) is 5.70 Å². The maximum Gasteiger partial charge on any atom is 0.237 e. The summed E-state index contributed by atoms with van der Waals surface area (Å²) in [6.45, 7) is 3.97. The molecule has 23 heavy (non-hydrogen) atoms. The average molecular weight is 309 g/mol. The predicted molar refractivity (Wildman–Crippen MR) is 90.8 cm³/mol. The highest BCUT2D eigenvalue weighted by Gasteiger charge is 2.39. The number of para-hydroxylation sites is 1. The summed E-state index contributed by atoms with van der Waals surface area (Å²) in [5.74, 6) is 0.120. The number of benzene rings is 1. The molecule has 1 aromatic carbocycles. The van der Waals surface area contributed by atoms with E-state index in [0.717, 1.165) is 24.9 Å². The minimum absolute atomic E-state index is 0.344. The molecule has 5 rings (SSSR count). The van der Waals surface area contributed by atoms with Crippen LogP contribution in [0, 0.1) is 5.92 Å². The number of fused-ring (bicyclic) bond motifs is 4.